The van der Waals surface area contributed by atoms with Gasteiger partial charge < -0.3 is 10.1 Å². The van der Waals surface area contributed by atoms with Gasteiger partial charge in [-0.05, 0) is 29.8 Å². The number of nitrogens with one attached hydrogen (secondary N) is 1. The van der Waals surface area contributed by atoms with Gasteiger partial charge in [0.1, 0.15) is 5.75 Å². The maximum absolute atomic E-state index is 12.5. The lowest BCUT2D eigenvalue weighted by Gasteiger charge is -2.10. The topological polar surface area (TPSA) is 38.3 Å². The minimum Gasteiger partial charge on any atom is -0.497 e. The van der Waals surface area contributed by atoms with Gasteiger partial charge in [0.25, 0.3) is 5.76 Å². The summed E-state index contributed by atoms with van der Waals surface area (Å²) < 4.78 is 30.1. The number of benzene rings is 2. The third-order valence-corrected chi connectivity index (χ3v) is 3.66. The Balaban J connectivity index is 2.05. The lowest BCUT2D eigenvalue weighted by molar-refractivity contribution is -0.115. The monoisotopic (exact) mass is 323 g/mol. The predicted octanol–water partition coefficient (Wildman–Crippen LogP) is 4.19. The van der Waals surface area contributed by atoms with E-state index < -0.39 is 5.76 Å². The first kappa shape index (κ1) is 16.3. The van der Waals surface area contributed by atoms with Crippen LogP contribution in [0.15, 0.2) is 53.4 Å². The smallest absolute Gasteiger partial charge is 0.288 e. The molecule has 2 aromatic carbocycles. The van der Waals surface area contributed by atoms with Gasteiger partial charge in [-0.25, -0.2) is 0 Å². The van der Waals surface area contributed by atoms with E-state index in [4.69, 9.17) is 4.74 Å². The Morgan fingerprint density at radius 2 is 2.00 bits per heavy atom. The third kappa shape index (κ3) is 4.73. The standard InChI is InChI=1S/C16H15F2NO2S/c1-21-12-6-4-5-11(9-12)10-15(20)19-13-7-2-3-8-14(13)22-16(17)18/h2-9,16H,10H2,1H3,(H,19,20). The zero-order valence-corrected chi connectivity index (χ0v) is 12.7. The summed E-state index contributed by atoms with van der Waals surface area (Å²) in [7, 11) is 1.55. The fraction of sp³-hybridized carbons (Fsp3) is 0.188. The van der Waals surface area contributed by atoms with Gasteiger partial charge in [0.15, 0.2) is 0 Å². The molecule has 0 aliphatic heterocycles. The summed E-state index contributed by atoms with van der Waals surface area (Å²) in [5.74, 6) is -2.13. The average molecular weight is 323 g/mol. The van der Waals surface area contributed by atoms with Gasteiger partial charge in [-0.15, -0.1) is 0 Å². The van der Waals surface area contributed by atoms with Gasteiger partial charge in [-0.3, -0.25) is 4.79 Å². The van der Waals surface area contributed by atoms with E-state index in [1.807, 2.05) is 6.07 Å². The number of halogens is 2. The summed E-state index contributed by atoms with van der Waals surface area (Å²) in [6.07, 6.45) is 0.144. The van der Waals surface area contributed by atoms with Crippen LogP contribution in [0.3, 0.4) is 0 Å². The molecule has 22 heavy (non-hydrogen) atoms. The number of carbonyl (C=O) groups excluding carboxylic acids is 1. The first-order valence-electron chi connectivity index (χ1n) is 6.55. The molecule has 0 aliphatic carbocycles. The SMILES string of the molecule is COc1cccc(CC(=O)Nc2ccccc2SC(F)F)c1. The maximum Gasteiger partial charge on any atom is 0.288 e. The number of ether oxygens (including phenoxy) is 1. The summed E-state index contributed by atoms with van der Waals surface area (Å²) in [4.78, 5) is 12.4. The van der Waals surface area contributed by atoms with Gasteiger partial charge >= 0.3 is 0 Å². The molecule has 0 spiro atoms. The number of alkyl halides is 2. The van der Waals surface area contributed by atoms with Crippen molar-refractivity contribution >= 4 is 23.4 Å². The zero-order chi connectivity index (χ0) is 15.9. The minimum absolute atomic E-state index is 0.144. The molecular formula is C16H15F2NO2S. The van der Waals surface area contributed by atoms with Crippen molar-refractivity contribution in [1.82, 2.24) is 0 Å². The first-order valence-corrected chi connectivity index (χ1v) is 7.43. The second-order valence-corrected chi connectivity index (χ2v) is 5.48. The fourth-order valence-corrected chi connectivity index (χ4v) is 2.53. The van der Waals surface area contributed by atoms with E-state index in [1.54, 1.807) is 49.6 Å². The molecule has 0 aromatic heterocycles. The molecule has 0 saturated carbocycles. The Morgan fingerprint density at radius 1 is 1.23 bits per heavy atom. The molecule has 0 saturated heterocycles. The van der Waals surface area contributed by atoms with Gasteiger partial charge in [-0.2, -0.15) is 8.78 Å². The third-order valence-electron chi connectivity index (χ3n) is 2.88. The molecule has 0 atom stereocenters. The summed E-state index contributed by atoms with van der Waals surface area (Å²) in [6.45, 7) is 0. The van der Waals surface area contributed by atoms with Crippen LogP contribution in [-0.2, 0) is 11.2 Å². The van der Waals surface area contributed by atoms with Crippen LogP contribution in [0.25, 0.3) is 0 Å². The predicted molar refractivity (Wildman–Crippen MR) is 83.6 cm³/mol. The van der Waals surface area contributed by atoms with E-state index in [-0.39, 0.29) is 12.3 Å². The molecule has 1 amide bonds. The van der Waals surface area contributed by atoms with E-state index >= 15 is 0 Å². The van der Waals surface area contributed by atoms with Crippen LogP contribution in [0.2, 0.25) is 0 Å². The number of hydrogen-bond acceptors (Lipinski definition) is 3. The van der Waals surface area contributed by atoms with E-state index in [1.165, 1.54) is 0 Å². The molecule has 116 valence electrons. The summed E-state index contributed by atoms with van der Waals surface area (Å²) >= 11 is 0.411. The van der Waals surface area contributed by atoms with Crippen LogP contribution in [-0.4, -0.2) is 18.8 Å². The summed E-state index contributed by atoms with van der Waals surface area (Å²) in [5, 5.41) is 2.67. The van der Waals surface area contributed by atoms with Crippen LogP contribution in [0.4, 0.5) is 14.5 Å². The molecule has 0 radical (unpaired) electrons. The van der Waals surface area contributed by atoms with E-state index in [9.17, 15) is 13.6 Å². The molecule has 0 aliphatic rings. The number of para-hydroxylation sites is 1. The van der Waals surface area contributed by atoms with E-state index in [0.29, 0.717) is 28.1 Å². The largest absolute Gasteiger partial charge is 0.497 e. The Bertz CT molecular complexity index is 650. The maximum atomic E-state index is 12.5. The van der Waals surface area contributed by atoms with E-state index in [0.717, 1.165) is 5.56 Å². The van der Waals surface area contributed by atoms with Crippen LogP contribution in [0.1, 0.15) is 5.56 Å². The minimum atomic E-state index is -2.53. The van der Waals surface area contributed by atoms with Gasteiger partial charge in [0, 0.05) is 4.90 Å². The highest BCUT2D eigenvalue weighted by molar-refractivity contribution is 7.99. The van der Waals surface area contributed by atoms with Gasteiger partial charge in [0.05, 0.1) is 19.2 Å². The van der Waals surface area contributed by atoms with Crippen molar-refractivity contribution in [2.45, 2.75) is 17.1 Å². The number of rotatable bonds is 6. The second kappa shape index (κ2) is 7.79. The highest BCUT2D eigenvalue weighted by atomic mass is 32.2. The quantitative estimate of drug-likeness (QED) is 0.810. The summed E-state index contributed by atoms with van der Waals surface area (Å²) in [6, 6.07) is 13.7. The molecule has 3 nitrogen and oxygen atoms in total. The molecule has 2 aromatic rings. The molecule has 0 bridgehead atoms. The molecule has 0 fully saturated rings. The molecule has 0 heterocycles. The number of hydrogen-bond donors (Lipinski definition) is 1. The molecule has 1 N–H and O–H groups in total. The lowest BCUT2D eigenvalue weighted by atomic mass is 10.1. The Morgan fingerprint density at radius 3 is 2.73 bits per heavy atom. The number of carbonyl (C=O) groups is 1. The number of anilines is 1. The van der Waals surface area contributed by atoms with Crippen molar-refractivity contribution in [2.24, 2.45) is 0 Å². The van der Waals surface area contributed by atoms with Crippen molar-refractivity contribution in [3.05, 3.63) is 54.1 Å². The summed E-state index contributed by atoms with van der Waals surface area (Å²) in [5.41, 5.74) is 1.18. The highest BCUT2D eigenvalue weighted by Crippen LogP contribution is 2.31. The fourth-order valence-electron chi connectivity index (χ4n) is 1.93. The second-order valence-electron chi connectivity index (χ2n) is 4.45. The highest BCUT2D eigenvalue weighted by Gasteiger charge is 2.12. The van der Waals surface area contributed by atoms with Crippen molar-refractivity contribution in [2.75, 3.05) is 12.4 Å². The molecule has 0 unspecified atom stereocenters. The Hall–Kier alpha value is -2.08. The molecule has 2 rings (SSSR count). The Kier molecular flexibility index (Phi) is 5.77. The van der Waals surface area contributed by atoms with Crippen LogP contribution in [0, 0.1) is 0 Å². The Labute approximate surface area is 131 Å². The van der Waals surface area contributed by atoms with E-state index in [2.05, 4.69) is 5.32 Å². The van der Waals surface area contributed by atoms with Gasteiger partial charge in [-0.1, -0.05) is 36.0 Å². The normalized spacial score (nSPS) is 10.5. The van der Waals surface area contributed by atoms with Crippen LogP contribution in [0.5, 0.6) is 5.75 Å². The van der Waals surface area contributed by atoms with Crippen molar-refractivity contribution < 1.29 is 18.3 Å². The number of amides is 1. The zero-order valence-electron chi connectivity index (χ0n) is 11.9. The van der Waals surface area contributed by atoms with Crippen molar-refractivity contribution in [1.29, 1.82) is 0 Å². The number of thioether (sulfide) groups is 1. The van der Waals surface area contributed by atoms with Crippen LogP contribution < -0.4 is 10.1 Å². The lowest BCUT2D eigenvalue weighted by Crippen LogP contribution is -2.15. The molecule has 6 heteroatoms. The number of methoxy groups -OCH3 is 1. The average Bonchev–Trinajstić information content (AvgIpc) is 2.49. The van der Waals surface area contributed by atoms with Crippen molar-refractivity contribution in [3.63, 3.8) is 0 Å². The molecular weight excluding hydrogens is 308 g/mol. The van der Waals surface area contributed by atoms with Gasteiger partial charge in [0.2, 0.25) is 5.91 Å². The van der Waals surface area contributed by atoms with Crippen LogP contribution >= 0.6 is 11.8 Å². The van der Waals surface area contributed by atoms with Crippen molar-refractivity contribution in [3.8, 4) is 5.75 Å². The first-order chi connectivity index (χ1) is 10.6.